The number of carbonyl (C=O) groups excluding carboxylic acids is 2. The molecule has 4 rings (SSSR count). The van der Waals surface area contributed by atoms with Gasteiger partial charge in [0.15, 0.2) is 0 Å². The predicted octanol–water partition coefficient (Wildman–Crippen LogP) is 5.50. The van der Waals surface area contributed by atoms with E-state index in [1.807, 2.05) is 44.2 Å². The molecule has 1 fully saturated rings. The zero-order valence-corrected chi connectivity index (χ0v) is 21.3. The van der Waals surface area contributed by atoms with E-state index in [1.54, 1.807) is 49.6 Å². The maximum atomic E-state index is 13.4. The number of rotatable bonds is 10. The van der Waals surface area contributed by atoms with Crippen LogP contribution in [0.2, 0.25) is 0 Å². The number of Topliss-reactive ketones (excluding diaryl/α,β-unsaturated/α-hetero) is 1. The van der Waals surface area contributed by atoms with Crippen molar-refractivity contribution in [1.29, 1.82) is 0 Å². The van der Waals surface area contributed by atoms with Crippen molar-refractivity contribution in [2.24, 2.45) is 0 Å². The number of benzene rings is 3. The van der Waals surface area contributed by atoms with Crippen LogP contribution < -0.4 is 14.2 Å². The highest BCUT2D eigenvalue weighted by molar-refractivity contribution is 6.46. The second-order valence-corrected chi connectivity index (χ2v) is 8.62. The van der Waals surface area contributed by atoms with Gasteiger partial charge < -0.3 is 24.2 Å². The van der Waals surface area contributed by atoms with E-state index in [1.165, 1.54) is 4.90 Å². The number of likely N-dealkylation sites (tertiary alicyclic amines) is 1. The van der Waals surface area contributed by atoms with Crippen LogP contribution in [0.1, 0.15) is 43.0 Å². The number of hydrogen-bond acceptors (Lipinski definition) is 6. The second-order valence-electron chi connectivity index (χ2n) is 8.62. The molecule has 1 aliphatic heterocycles. The first-order chi connectivity index (χ1) is 18.0. The Hall–Kier alpha value is -4.26. The molecule has 1 heterocycles. The summed E-state index contributed by atoms with van der Waals surface area (Å²) in [5, 5.41) is 11.4. The van der Waals surface area contributed by atoms with E-state index >= 15 is 0 Å². The molecule has 1 amide bonds. The molecule has 1 aliphatic rings. The lowest BCUT2D eigenvalue weighted by atomic mass is 9.95. The number of aliphatic hydroxyl groups excluding tert-OH is 1. The first kappa shape index (κ1) is 25.8. The molecule has 0 aliphatic carbocycles. The van der Waals surface area contributed by atoms with Crippen LogP contribution in [-0.4, -0.2) is 42.0 Å². The summed E-state index contributed by atoms with van der Waals surface area (Å²) >= 11 is 0. The molecular weight excluding hydrogens is 470 g/mol. The summed E-state index contributed by atoms with van der Waals surface area (Å²) in [6.07, 6.45) is 0.835. The van der Waals surface area contributed by atoms with E-state index in [9.17, 15) is 14.7 Å². The molecule has 1 saturated heterocycles. The van der Waals surface area contributed by atoms with Gasteiger partial charge in [0.25, 0.3) is 11.7 Å². The lowest BCUT2D eigenvalue weighted by molar-refractivity contribution is -0.140. The number of ketones is 1. The van der Waals surface area contributed by atoms with Crippen LogP contribution in [0.25, 0.3) is 5.76 Å². The first-order valence-electron chi connectivity index (χ1n) is 12.3. The van der Waals surface area contributed by atoms with Crippen molar-refractivity contribution in [2.45, 2.75) is 32.9 Å². The largest absolute Gasteiger partial charge is 0.507 e. The summed E-state index contributed by atoms with van der Waals surface area (Å²) in [5.41, 5.74) is 1.85. The van der Waals surface area contributed by atoms with E-state index in [2.05, 4.69) is 0 Å². The molecular formula is C30H31NO6. The summed E-state index contributed by atoms with van der Waals surface area (Å²) < 4.78 is 16.7. The Kier molecular flexibility index (Phi) is 8.13. The minimum atomic E-state index is -0.805. The molecule has 0 aromatic heterocycles. The van der Waals surface area contributed by atoms with Crippen molar-refractivity contribution in [3.63, 3.8) is 0 Å². The summed E-state index contributed by atoms with van der Waals surface area (Å²) in [6, 6.07) is 20.6. The van der Waals surface area contributed by atoms with E-state index in [0.717, 1.165) is 12.0 Å². The van der Waals surface area contributed by atoms with Gasteiger partial charge in [-0.15, -0.1) is 0 Å². The topological polar surface area (TPSA) is 85.3 Å². The van der Waals surface area contributed by atoms with Crippen molar-refractivity contribution in [3.05, 3.63) is 95.1 Å². The fourth-order valence-corrected chi connectivity index (χ4v) is 4.43. The Morgan fingerprint density at radius 3 is 2.38 bits per heavy atom. The van der Waals surface area contributed by atoms with Crippen LogP contribution in [0, 0.1) is 0 Å². The lowest BCUT2D eigenvalue weighted by Crippen LogP contribution is -2.29. The quantitative estimate of drug-likeness (QED) is 0.224. The minimum Gasteiger partial charge on any atom is -0.507 e. The van der Waals surface area contributed by atoms with Crippen molar-refractivity contribution in [1.82, 2.24) is 4.90 Å². The van der Waals surface area contributed by atoms with Crippen molar-refractivity contribution in [3.8, 4) is 17.2 Å². The Balaban J connectivity index is 1.82. The second kappa shape index (κ2) is 11.6. The molecule has 3 aromatic rings. The zero-order chi connectivity index (χ0) is 26.4. The van der Waals surface area contributed by atoms with Crippen LogP contribution in [0.4, 0.5) is 0 Å². The van der Waals surface area contributed by atoms with E-state index in [4.69, 9.17) is 14.2 Å². The van der Waals surface area contributed by atoms with Gasteiger partial charge in [-0.2, -0.15) is 0 Å². The van der Waals surface area contributed by atoms with E-state index in [-0.39, 0.29) is 17.9 Å². The predicted molar refractivity (Wildman–Crippen MR) is 141 cm³/mol. The Labute approximate surface area is 216 Å². The molecule has 7 nitrogen and oxygen atoms in total. The monoisotopic (exact) mass is 501 g/mol. The van der Waals surface area contributed by atoms with Crippen LogP contribution >= 0.6 is 0 Å². The number of carbonyl (C=O) groups is 2. The molecule has 1 atom stereocenters. The molecule has 1 N–H and O–H groups in total. The van der Waals surface area contributed by atoms with Crippen LogP contribution in [0.5, 0.6) is 17.2 Å². The average Bonchev–Trinajstić information content (AvgIpc) is 3.17. The van der Waals surface area contributed by atoms with Gasteiger partial charge in [-0.1, -0.05) is 49.4 Å². The fourth-order valence-electron chi connectivity index (χ4n) is 4.43. The highest BCUT2D eigenvalue weighted by Crippen LogP contribution is 2.41. The van der Waals surface area contributed by atoms with Gasteiger partial charge in [0.05, 0.1) is 38.5 Å². The normalized spacial score (nSPS) is 16.6. The fraction of sp³-hybridized carbons (Fsp3) is 0.267. The van der Waals surface area contributed by atoms with Crippen molar-refractivity contribution >= 4 is 17.4 Å². The lowest BCUT2D eigenvalue weighted by Gasteiger charge is -2.26. The third-order valence-corrected chi connectivity index (χ3v) is 6.16. The van der Waals surface area contributed by atoms with Gasteiger partial charge in [0.2, 0.25) is 0 Å². The summed E-state index contributed by atoms with van der Waals surface area (Å²) in [5.74, 6) is 0.175. The number of amides is 1. The third kappa shape index (κ3) is 5.45. The number of aliphatic hydroxyl groups is 1. The Morgan fingerprint density at radius 1 is 0.919 bits per heavy atom. The highest BCUT2D eigenvalue weighted by atomic mass is 16.5. The van der Waals surface area contributed by atoms with Crippen LogP contribution in [-0.2, 0) is 16.1 Å². The molecule has 37 heavy (non-hydrogen) atoms. The van der Waals surface area contributed by atoms with Gasteiger partial charge in [-0.3, -0.25) is 9.59 Å². The molecule has 0 saturated carbocycles. The van der Waals surface area contributed by atoms with E-state index < -0.39 is 17.7 Å². The molecule has 192 valence electrons. The maximum absolute atomic E-state index is 13.4. The number of ether oxygens (including phenoxy) is 3. The number of para-hydroxylation sites is 1. The number of nitrogens with zero attached hydrogens (tertiary/aromatic N) is 1. The summed E-state index contributed by atoms with van der Waals surface area (Å²) in [7, 11) is 1.56. The highest BCUT2D eigenvalue weighted by Gasteiger charge is 2.46. The number of methoxy groups -OCH3 is 1. The van der Waals surface area contributed by atoms with Gasteiger partial charge in [0, 0.05) is 11.1 Å². The summed E-state index contributed by atoms with van der Waals surface area (Å²) in [4.78, 5) is 28.2. The Bertz CT molecular complexity index is 1300. The van der Waals surface area contributed by atoms with Gasteiger partial charge in [-0.25, -0.2) is 0 Å². The smallest absolute Gasteiger partial charge is 0.295 e. The minimum absolute atomic E-state index is 0.0247. The molecule has 0 radical (unpaired) electrons. The zero-order valence-electron chi connectivity index (χ0n) is 21.3. The summed E-state index contributed by atoms with van der Waals surface area (Å²) in [6.45, 7) is 5.07. The standard InChI is InChI=1S/C30H31NO6/c1-4-17-37-24-11-8-10-21(18-24)28(32)26-27(20-13-15-23(16-14-20)36-5-2)31(30(34)29(26)33)19-22-9-6-7-12-25(22)35-3/h6-16,18,27,32H,4-5,17,19H2,1-3H3/b28-26-. The van der Waals surface area contributed by atoms with Crippen LogP contribution in [0.15, 0.2) is 78.4 Å². The van der Waals surface area contributed by atoms with E-state index in [0.29, 0.717) is 41.6 Å². The molecule has 3 aromatic carbocycles. The van der Waals surface area contributed by atoms with Gasteiger partial charge in [-0.05, 0) is 49.2 Å². The molecule has 0 bridgehead atoms. The molecule has 7 heteroatoms. The molecule has 1 unspecified atom stereocenters. The third-order valence-electron chi connectivity index (χ3n) is 6.16. The number of hydrogen-bond donors (Lipinski definition) is 1. The van der Waals surface area contributed by atoms with Gasteiger partial charge in [0.1, 0.15) is 23.0 Å². The average molecular weight is 502 g/mol. The van der Waals surface area contributed by atoms with Gasteiger partial charge >= 0.3 is 0 Å². The Morgan fingerprint density at radius 2 is 1.68 bits per heavy atom. The maximum Gasteiger partial charge on any atom is 0.295 e. The molecule has 0 spiro atoms. The van der Waals surface area contributed by atoms with Crippen molar-refractivity contribution in [2.75, 3.05) is 20.3 Å². The SMILES string of the molecule is CCCOc1cccc(/C(O)=C2/C(=O)C(=O)N(Cc3ccccc3OC)C2c2ccc(OCC)cc2)c1. The first-order valence-corrected chi connectivity index (χ1v) is 12.3. The van der Waals surface area contributed by atoms with Crippen LogP contribution in [0.3, 0.4) is 0 Å². The van der Waals surface area contributed by atoms with Crippen molar-refractivity contribution < 1.29 is 28.9 Å².